The number of nitrogens with one attached hydrogen (secondary N) is 1. The van der Waals surface area contributed by atoms with Gasteiger partial charge in [-0.05, 0) is 43.7 Å². The van der Waals surface area contributed by atoms with Gasteiger partial charge in [0.2, 0.25) is 5.91 Å². The van der Waals surface area contributed by atoms with Gasteiger partial charge in [0, 0.05) is 12.2 Å². The van der Waals surface area contributed by atoms with Gasteiger partial charge in [-0.1, -0.05) is 30.3 Å². The smallest absolute Gasteiger partial charge is 0.262 e. The molecule has 2 aliphatic rings. The molecule has 1 atom stereocenters. The molecule has 4 rings (SSSR count). The number of hydrogen-bond acceptors (Lipinski definition) is 4. The second kappa shape index (κ2) is 7.32. The minimum Gasteiger partial charge on any atom is -0.326 e. The van der Waals surface area contributed by atoms with Crippen LogP contribution in [0.15, 0.2) is 54.6 Å². The number of para-hydroxylation sites is 1. The Labute approximate surface area is 157 Å². The number of likely N-dealkylation sites (tertiary alicyclic amines) is 1. The van der Waals surface area contributed by atoms with E-state index in [1.807, 2.05) is 35.2 Å². The van der Waals surface area contributed by atoms with Gasteiger partial charge in [0.15, 0.2) is 0 Å². The van der Waals surface area contributed by atoms with Crippen LogP contribution < -0.4 is 5.32 Å². The van der Waals surface area contributed by atoms with Gasteiger partial charge in [0.05, 0.1) is 23.7 Å². The van der Waals surface area contributed by atoms with Crippen LogP contribution in [0.5, 0.6) is 0 Å². The van der Waals surface area contributed by atoms with Crippen molar-refractivity contribution in [2.45, 2.75) is 12.8 Å². The first-order chi connectivity index (χ1) is 13.1. The number of imide groups is 1. The van der Waals surface area contributed by atoms with Crippen molar-refractivity contribution >= 4 is 23.4 Å². The zero-order valence-corrected chi connectivity index (χ0v) is 14.9. The number of piperidine rings is 1. The summed E-state index contributed by atoms with van der Waals surface area (Å²) in [5.74, 6) is -0.694. The second-order valence-corrected chi connectivity index (χ2v) is 7.00. The molecule has 2 aromatic carbocycles. The fraction of sp³-hybridized carbons (Fsp3) is 0.286. The van der Waals surface area contributed by atoms with E-state index in [0.717, 1.165) is 25.1 Å². The Kier molecular flexibility index (Phi) is 4.73. The first kappa shape index (κ1) is 17.4. The van der Waals surface area contributed by atoms with Gasteiger partial charge in [-0.15, -0.1) is 0 Å². The molecule has 2 aromatic rings. The van der Waals surface area contributed by atoms with Crippen LogP contribution in [0.2, 0.25) is 0 Å². The Hall–Kier alpha value is -2.99. The van der Waals surface area contributed by atoms with E-state index in [4.69, 9.17) is 0 Å². The molecule has 1 N–H and O–H groups in total. The highest BCUT2D eigenvalue weighted by molar-refractivity contribution is 6.21. The largest absolute Gasteiger partial charge is 0.326 e. The first-order valence-corrected chi connectivity index (χ1v) is 9.17. The summed E-state index contributed by atoms with van der Waals surface area (Å²) >= 11 is 0. The third-order valence-corrected chi connectivity index (χ3v) is 5.14. The zero-order valence-electron chi connectivity index (χ0n) is 14.9. The average molecular weight is 363 g/mol. The lowest BCUT2D eigenvalue weighted by atomic mass is 9.97. The molecule has 138 valence electrons. The minimum absolute atomic E-state index is 0.0201. The molecule has 1 fully saturated rings. The monoisotopic (exact) mass is 363 g/mol. The van der Waals surface area contributed by atoms with Gasteiger partial charge in [0.1, 0.15) is 0 Å². The Balaban J connectivity index is 1.40. The molecule has 3 amide bonds. The van der Waals surface area contributed by atoms with Gasteiger partial charge >= 0.3 is 0 Å². The van der Waals surface area contributed by atoms with Crippen LogP contribution in [0.1, 0.15) is 33.6 Å². The van der Waals surface area contributed by atoms with E-state index >= 15 is 0 Å². The average Bonchev–Trinajstić information content (AvgIpc) is 2.94. The van der Waals surface area contributed by atoms with E-state index in [9.17, 15) is 14.4 Å². The number of carbonyl (C=O) groups is 3. The molecule has 0 radical (unpaired) electrons. The molecule has 0 saturated carbocycles. The van der Waals surface area contributed by atoms with Crippen molar-refractivity contribution in [3.63, 3.8) is 0 Å². The van der Waals surface area contributed by atoms with Crippen LogP contribution in [0, 0.1) is 5.92 Å². The normalized spacial score (nSPS) is 19.9. The van der Waals surface area contributed by atoms with Crippen LogP contribution in [-0.4, -0.2) is 47.3 Å². The van der Waals surface area contributed by atoms with Gasteiger partial charge in [-0.25, -0.2) is 0 Å². The lowest BCUT2D eigenvalue weighted by molar-refractivity contribution is -0.121. The number of carbonyl (C=O) groups excluding carboxylic acids is 3. The summed E-state index contributed by atoms with van der Waals surface area (Å²) < 4.78 is 0. The fourth-order valence-corrected chi connectivity index (χ4v) is 3.73. The highest BCUT2D eigenvalue weighted by Crippen LogP contribution is 2.25. The van der Waals surface area contributed by atoms with Crippen LogP contribution in [0.3, 0.4) is 0 Å². The van der Waals surface area contributed by atoms with E-state index < -0.39 is 0 Å². The number of anilines is 1. The molecule has 0 bridgehead atoms. The quantitative estimate of drug-likeness (QED) is 0.848. The molecule has 1 saturated heterocycles. The van der Waals surface area contributed by atoms with Gasteiger partial charge < -0.3 is 5.32 Å². The van der Waals surface area contributed by atoms with Gasteiger partial charge in [-0.2, -0.15) is 0 Å². The predicted octanol–water partition coefficient (Wildman–Crippen LogP) is 2.59. The summed E-state index contributed by atoms with van der Waals surface area (Å²) in [5, 5.41) is 2.94. The lowest BCUT2D eigenvalue weighted by Crippen LogP contribution is -2.47. The Morgan fingerprint density at radius 3 is 2.26 bits per heavy atom. The molecular formula is C21H21N3O3. The number of benzene rings is 2. The number of rotatable bonds is 4. The zero-order chi connectivity index (χ0) is 18.8. The van der Waals surface area contributed by atoms with Crippen molar-refractivity contribution in [3.8, 4) is 0 Å². The maximum absolute atomic E-state index is 12.6. The van der Waals surface area contributed by atoms with Crippen molar-refractivity contribution in [2.75, 3.05) is 25.1 Å². The highest BCUT2D eigenvalue weighted by atomic mass is 16.2. The van der Waals surface area contributed by atoms with E-state index in [0.29, 0.717) is 17.7 Å². The summed E-state index contributed by atoms with van der Waals surface area (Å²) in [5.41, 5.74) is 1.69. The van der Waals surface area contributed by atoms with Crippen molar-refractivity contribution in [2.24, 2.45) is 5.92 Å². The van der Waals surface area contributed by atoms with E-state index in [2.05, 4.69) is 5.32 Å². The van der Waals surface area contributed by atoms with Crippen LogP contribution in [0.4, 0.5) is 5.69 Å². The lowest BCUT2D eigenvalue weighted by Gasteiger charge is -2.33. The molecule has 2 aliphatic heterocycles. The SMILES string of the molecule is O=C(Nc1ccccc1)[C@H]1CCCN(CN2C(=O)c3ccccc3C2=O)C1. The molecule has 2 heterocycles. The maximum Gasteiger partial charge on any atom is 0.262 e. The van der Waals surface area contributed by atoms with Gasteiger partial charge in [-0.3, -0.25) is 24.2 Å². The van der Waals surface area contributed by atoms with E-state index in [1.54, 1.807) is 24.3 Å². The number of nitrogens with zero attached hydrogens (tertiary/aromatic N) is 2. The number of fused-ring (bicyclic) bond motifs is 1. The molecule has 6 heteroatoms. The third kappa shape index (κ3) is 3.48. The Morgan fingerprint density at radius 2 is 1.59 bits per heavy atom. The Morgan fingerprint density at radius 1 is 0.963 bits per heavy atom. The summed E-state index contributed by atoms with van der Waals surface area (Å²) in [7, 11) is 0. The molecular weight excluding hydrogens is 342 g/mol. The molecule has 27 heavy (non-hydrogen) atoms. The maximum atomic E-state index is 12.6. The minimum atomic E-state index is -0.258. The van der Waals surface area contributed by atoms with E-state index in [-0.39, 0.29) is 30.3 Å². The standard InChI is InChI=1S/C21H21N3O3/c25-19(22-16-8-2-1-3-9-16)15-7-6-12-23(13-15)14-24-20(26)17-10-4-5-11-18(17)21(24)27/h1-5,8-11,15H,6-7,12-14H2,(H,22,25)/t15-/m0/s1. The van der Waals surface area contributed by atoms with Crippen molar-refractivity contribution in [1.82, 2.24) is 9.80 Å². The molecule has 0 aromatic heterocycles. The van der Waals surface area contributed by atoms with Crippen LogP contribution in [-0.2, 0) is 4.79 Å². The van der Waals surface area contributed by atoms with Crippen molar-refractivity contribution < 1.29 is 14.4 Å². The summed E-state index contributed by atoms with van der Waals surface area (Å²) in [6, 6.07) is 16.3. The summed E-state index contributed by atoms with van der Waals surface area (Å²) in [6.07, 6.45) is 1.66. The number of amides is 3. The fourth-order valence-electron chi connectivity index (χ4n) is 3.73. The van der Waals surface area contributed by atoms with Crippen LogP contribution >= 0.6 is 0 Å². The third-order valence-electron chi connectivity index (χ3n) is 5.14. The van der Waals surface area contributed by atoms with Crippen LogP contribution in [0.25, 0.3) is 0 Å². The van der Waals surface area contributed by atoms with Gasteiger partial charge in [0.25, 0.3) is 11.8 Å². The Bertz CT molecular complexity index is 846. The highest BCUT2D eigenvalue weighted by Gasteiger charge is 2.37. The van der Waals surface area contributed by atoms with Crippen molar-refractivity contribution in [1.29, 1.82) is 0 Å². The molecule has 0 unspecified atom stereocenters. The molecule has 6 nitrogen and oxygen atoms in total. The van der Waals surface area contributed by atoms with E-state index in [1.165, 1.54) is 4.90 Å². The second-order valence-electron chi connectivity index (χ2n) is 7.00. The summed E-state index contributed by atoms with van der Waals surface area (Å²) in [6.45, 7) is 1.52. The topological polar surface area (TPSA) is 69.7 Å². The van der Waals surface area contributed by atoms with Crippen molar-refractivity contribution in [3.05, 3.63) is 65.7 Å². The molecule has 0 aliphatic carbocycles. The molecule has 0 spiro atoms. The first-order valence-electron chi connectivity index (χ1n) is 9.17. The predicted molar refractivity (Wildman–Crippen MR) is 101 cm³/mol. The summed E-state index contributed by atoms with van der Waals surface area (Å²) in [4.78, 5) is 40.9. The number of hydrogen-bond donors (Lipinski definition) is 1.